The van der Waals surface area contributed by atoms with E-state index in [9.17, 15) is 0 Å². The molecule has 0 aliphatic carbocycles. The van der Waals surface area contributed by atoms with E-state index in [0.29, 0.717) is 24.2 Å². The van der Waals surface area contributed by atoms with Gasteiger partial charge in [0.1, 0.15) is 0 Å². The molecular formula is C18H20N6. The van der Waals surface area contributed by atoms with Crippen LogP contribution in [-0.2, 0) is 6.54 Å². The summed E-state index contributed by atoms with van der Waals surface area (Å²) in [4.78, 5) is 8.43. The van der Waals surface area contributed by atoms with E-state index in [1.54, 1.807) is 18.6 Å². The summed E-state index contributed by atoms with van der Waals surface area (Å²) < 4.78 is 0. The van der Waals surface area contributed by atoms with Gasteiger partial charge in [-0.05, 0) is 41.3 Å². The molecule has 3 aromatic rings. The van der Waals surface area contributed by atoms with E-state index in [4.69, 9.17) is 0 Å². The van der Waals surface area contributed by atoms with Gasteiger partial charge in [0, 0.05) is 24.6 Å². The summed E-state index contributed by atoms with van der Waals surface area (Å²) in [6, 6.07) is 12.2. The number of anilines is 3. The zero-order valence-electron chi connectivity index (χ0n) is 13.8. The summed E-state index contributed by atoms with van der Waals surface area (Å²) in [5, 5.41) is 14.4. The van der Waals surface area contributed by atoms with Gasteiger partial charge in [0.2, 0.25) is 5.95 Å². The van der Waals surface area contributed by atoms with Crippen molar-refractivity contribution in [1.29, 1.82) is 0 Å². The van der Waals surface area contributed by atoms with Gasteiger partial charge in [-0.15, -0.1) is 5.10 Å². The second kappa shape index (κ2) is 7.50. The normalized spacial score (nSPS) is 10.6. The summed E-state index contributed by atoms with van der Waals surface area (Å²) in [6.07, 6.45) is 5.14. The Bertz CT molecular complexity index is 771. The van der Waals surface area contributed by atoms with Gasteiger partial charge in [0.05, 0.1) is 6.20 Å². The Morgan fingerprint density at radius 2 is 1.75 bits per heavy atom. The second-order valence-electron chi connectivity index (χ2n) is 5.78. The Morgan fingerprint density at radius 3 is 2.46 bits per heavy atom. The molecule has 0 radical (unpaired) electrons. The van der Waals surface area contributed by atoms with E-state index in [0.717, 1.165) is 11.3 Å². The third-order valence-electron chi connectivity index (χ3n) is 3.62. The third kappa shape index (κ3) is 4.25. The molecule has 0 unspecified atom stereocenters. The monoisotopic (exact) mass is 320 g/mol. The minimum atomic E-state index is 0.465. The van der Waals surface area contributed by atoms with Crippen molar-refractivity contribution in [3.63, 3.8) is 0 Å². The first kappa shape index (κ1) is 15.9. The number of benzene rings is 1. The molecule has 122 valence electrons. The minimum Gasteiger partial charge on any atom is -0.365 e. The molecule has 2 N–H and O–H groups in total. The Balaban J connectivity index is 1.64. The highest BCUT2D eigenvalue weighted by Gasteiger charge is 2.03. The highest BCUT2D eigenvalue weighted by molar-refractivity contribution is 5.54. The van der Waals surface area contributed by atoms with Gasteiger partial charge < -0.3 is 10.6 Å². The molecular weight excluding hydrogens is 300 g/mol. The van der Waals surface area contributed by atoms with Crippen LogP contribution in [0.25, 0.3) is 0 Å². The number of aromatic nitrogens is 4. The second-order valence-corrected chi connectivity index (χ2v) is 5.78. The average molecular weight is 320 g/mol. The van der Waals surface area contributed by atoms with Crippen molar-refractivity contribution < 1.29 is 0 Å². The van der Waals surface area contributed by atoms with Crippen molar-refractivity contribution in [2.75, 3.05) is 10.6 Å². The van der Waals surface area contributed by atoms with Crippen LogP contribution in [0.5, 0.6) is 0 Å². The number of rotatable bonds is 6. The van der Waals surface area contributed by atoms with E-state index in [-0.39, 0.29) is 0 Å². The standard InChI is InChI=1S/C18H20N6/c1-13(2)15-3-5-16(6-4-15)22-18-23-17(12-21-24-18)20-11-14-7-9-19-10-8-14/h3-10,12-13H,11H2,1-2H3,(H2,20,22,23,24). The van der Waals surface area contributed by atoms with Crippen molar-refractivity contribution >= 4 is 17.5 Å². The fourth-order valence-corrected chi connectivity index (χ4v) is 2.22. The predicted molar refractivity (Wildman–Crippen MR) is 95.2 cm³/mol. The van der Waals surface area contributed by atoms with Gasteiger partial charge in [0.25, 0.3) is 0 Å². The van der Waals surface area contributed by atoms with Crippen LogP contribution in [0.1, 0.15) is 30.9 Å². The average Bonchev–Trinajstić information content (AvgIpc) is 2.62. The highest BCUT2D eigenvalue weighted by atomic mass is 15.3. The lowest BCUT2D eigenvalue weighted by Gasteiger charge is -2.09. The maximum absolute atomic E-state index is 4.43. The van der Waals surface area contributed by atoms with Gasteiger partial charge in [0.15, 0.2) is 5.82 Å². The molecule has 0 saturated heterocycles. The molecule has 0 spiro atoms. The summed E-state index contributed by atoms with van der Waals surface area (Å²) >= 11 is 0. The molecule has 0 amide bonds. The molecule has 0 saturated carbocycles. The summed E-state index contributed by atoms with van der Waals surface area (Å²) in [6.45, 7) is 5.00. The molecule has 0 bridgehead atoms. The van der Waals surface area contributed by atoms with Crippen LogP contribution >= 0.6 is 0 Å². The number of pyridine rings is 1. The maximum Gasteiger partial charge on any atom is 0.249 e. The Morgan fingerprint density at radius 1 is 1.00 bits per heavy atom. The first-order valence-electron chi connectivity index (χ1n) is 7.90. The third-order valence-corrected chi connectivity index (χ3v) is 3.62. The zero-order chi connectivity index (χ0) is 16.8. The van der Waals surface area contributed by atoms with E-state index < -0.39 is 0 Å². The van der Waals surface area contributed by atoms with Crippen molar-refractivity contribution in [3.8, 4) is 0 Å². The van der Waals surface area contributed by atoms with Crippen LogP contribution in [-0.4, -0.2) is 20.2 Å². The maximum atomic E-state index is 4.43. The molecule has 0 atom stereocenters. The number of nitrogens with zero attached hydrogens (tertiary/aromatic N) is 4. The molecule has 0 aliphatic heterocycles. The van der Waals surface area contributed by atoms with Crippen molar-refractivity contribution in [3.05, 3.63) is 66.1 Å². The molecule has 0 fully saturated rings. The number of hydrogen-bond acceptors (Lipinski definition) is 6. The molecule has 1 aromatic carbocycles. The number of hydrogen-bond donors (Lipinski definition) is 2. The minimum absolute atomic E-state index is 0.465. The Hall–Kier alpha value is -3.02. The SMILES string of the molecule is CC(C)c1ccc(Nc2nncc(NCc3ccncc3)n2)cc1. The van der Waals surface area contributed by atoms with Gasteiger partial charge in [-0.1, -0.05) is 26.0 Å². The van der Waals surface area contributed by atoms with Crippen LogP contribution in [0.15, 0.2) is 55.0 Å². The predicted octanol–water partition coefficient (Wildman–Crippen LogP) is 3.75. The smallest absolute Gasteiger partial charge is 0.249 e. The largest absolute Gasteiger partial charge is 0.365 e. The quantitative estimate of drug-likeness (QED) is 0.720. The molecule has 2 heterocycles. The number of nitrogens with one attached hydrogen (secondary N) is 2. The summed E-state index contributed by atoms with van der Waals surface area (Å²) in [5.74, 6) is 1.65. The molecule has 3 rings (SSSR count). The van der Waals surface area contributed by atoms with Crippen LogP contribution in [0.4, 0.5) is 17.5 Å². The van der Waals surface area contributed by atoms with Crippen molar-refractivity contribution in [2.24, 2.45) is 0 Å². The lowest BCUT2D eigenvalue weighted by atomic mass is 10.0. The van der Waals surface area contributed by atoms with E-state index in [1.165, 1.54) is 5.56 Å². The van der Waals surface area contributed by atoms with Gasteiger partial charge in [-0.25, -0.2) is 0 Å². The summed E-state index contributed by atoms with van der Waals surface area (Å²) in [5.41, 5.74) is 3.36. The van der Waals surface area contributed by atoms with Crippen LogP contribution in [0.3, 0.4) is 0 Å². The topological polar surface area (TPSA) is 75.6 Å². The Labute approximate surface area is 141 Å². The first-order chi connectivity index (χ1) is 11.7. The molecule has 6 heteroatoms. The van der Waals surface area contributed by atoms with Crippen LogP contribution in [0.2, 0.25) is 0 Å². The molecule has 0 aliphatic rings. The molecule has 2 aromatic heterocycles. The fraction of sp³-hybridized carbons (Fsp3) is 0.222. The lowest BCUT2D eigenvalue weighted by Crippen LogP contribution is -2.05. The molecule has 24 heavy (non-hydrogen) atoms. The van der Waals surface area contributed by atoms with E-state index in [2.05, 4.69) is 56.8 Å². The lowest BCUT2D eigenvalue weighted by molar-refractivity contribution is 0.867. The van der Waals surface area contributed by atoms with Crippen molar-refractivity contribution in [2.45, 2.75) is 26.3 Å². The van der Waals surface area contributed by atoms with E-state index >= 15 is 0 Å². The van der Waals surface area contributed by atoms with Crippen LogP contribution in [0, 0.1) is 0 Å². The van der Waals surface area contributed by atoms with E-state index in [1.807, 2.05) is 24.3 Å². The summed E-state index contributed by atoms with van der Waals surface area (Å²) in [7, 11) is 0. The fourth-order valence-electron chi connectivity index (χ4n) is 2.22. The van der Waals surface area contributed by atoms with Crippen LogP contribution < -0.4 is 10.6 Å². The highest BCUT2D eigenvalue weighted by Crippen LogP contribution is 2.19. The van der Waals surface area contributed by atoms with Gasteiger partial charge in [-0.3, -0.25) is 4.98 Å². The Kier molecular flexibility index (Phi) is 4.96. The van der Waals surface area contributed by atoms with Crippen molar-refractivity contribution in [1.82, 2.24) is 20.2 Å². The van der Waals surface area contributed by atoms with Gasteiger partial charge in [-0.2, -0.15) is 10.1 Å². The molecule has 6 nitrogen and oxygen atoms in total. The first-order valence-corrected chi connectivity index (χ1v) is 7.90. The van der Waals surface area contributed by atoms with Gasteiger partial charge >= 0.3 is 0 Å². The zero-order valence-corrected chi connectivity index (χ0v) is 13.8.